The number of carbonyl (C=O) groups is 1. The molecule has 0 saturated carbocycles. The maximum absolute atomic E-state index is 12.2. The van der Waals surface area contributed by atoms with Gasteiger partial charge < -0.3 is 30.1 Å². The fourth-order valence-electron chi connectivity index (χ4n) is 2.40. The van der Waals surface area contributed by atoms with E-state index in [1.165, 1.54) is 0 Å². The first kappa shape index (κ1) is 20.4. The van der Waals surface area contributed by atoms with Crippen LogP contribution >= 0.6 is 7.82 Å². The fraction of sp³-hybridized carbons (Fsp3) is 0.500. The molecule has 0 radical (unpaired) electrons. The molecule has 11 nitrogen and oxygen atoms in total. The van der Waals surface area contributed by atoms with Gasteiger partial charge in [-0.15, -0.1) is 6.42 Å². The first-order chi connectivity index (χ1) is 12.0. The maximum Gasteiger partial charge on any atom is 0.470 e. The molecule has 0 bridgehead atoms. The molecule has 0 aromatic carbocycles. The second-order valence-electron chi connectivity index (χ2n) is 5.07. The van der Waals surface area contributed by atoms with Crippen LogP contribution in [0, 0.1) is 12.3 Å². The number of hydrogen-bond acceptors (Lipinski definition) is 7. The van der Waals surface area contributed by atoms with Crippen LogP contribution in [0.15, 0.2) is 6.33 Å². The lowest BCUT2D eigenvalue weighted by Gasteiger charge is -2.22. The lowest BCUT2D eigenvalue weighted by Crippen LogP contribution is -2.35. The second-order valence-corrected chi connectivity index (χ2v) is 6.26. The van der Waals surface area contributed by atoms with Crippen molar-refractivity contribution in [2.45, 2.75) is 31.2 Å². The summed E-state index contributed by atoms with van der Waals surface area (Å²) in [6.45, 7) is -3.97. The monoisotopic (exact) mass is 397 g/mol. The van der Waals surface area contributed by atoms with E-state index >= 15 is 0 Å². The van der Waals surface area contributed by atoms with Crippen molar-refractivity contribution in [3.05, 3.63) is 17.7 Å². The molecule has 2 rings (SSSR count). The standard InChI is InChI=1S/C12H14F2N3O8P/c1-2-5-7(10(15)19)16-4-17(5)11-9(25-26(20,21)22)8(18)6(24-11)3-23-12(13)14/h1,4,6,8-9,11-12,18H,3H2,(H2,15,19)(H2,20,21,22)/t6-,8-,9-,11-/m1/s1. The second kappa shape index (κ2) is 7.77. The number of aliphatic hydroxyl groups excluding tert-OH is 1. The predicted molar refractivity (Wildman–Crippen MR) is 77.5 cm³/mol. The highest BCUT2D eigenvalue weighted by Gasteiger charge is 2.49. The zero-order chi connectivity index (χ0) is 19.6. The van der Waals surface area contributed by atoms with Gasteiger partial charge in [0, 0.05) is 0 Å². The van der Waals surface area contributed by atoms with E-state index in [0.29, 0.717) is 0 Å². The minimum absolute atomic E-state index is 0.218. The van der Waals surface area contributed by atoms with E-state index in [1.807, 2.05) is 0 Å². The zero-order valence-corrected chi connectivity index (χ0v) is 13.7. The number of rotatable bonds is 7. The van der Waals surface area contributed by atoms with Gasteiger partial charge in [-0.05, 0) is 5.92 Å². The predicted octanol–water partition coefficient (Wildman–Crippen LogP) is -1.06. The molecule has 1 aliphatic heterocycles. The summed E-state index contributed by atoms with van der Waals surface area (Å²) in [6.07, 6.45) is -0.180. The Morgan fingerprint density at radius 3 is 2.73 bits per heavy atom. The molecule has 144 valence electrons. The number of primary amides is 1. The average molecular weight is 397 g/mol. The molecular formula is C12H14F2N3O8P. The zero-order valence-electron chi connectivity index (χ0n) is 12.8. The number of aromatic nitrogens is 2. The molecule has 2 heterocycles. The highest BCUT2D eigenvalue weighted by Crippen LogP contribution is 2.45. The number of alkyl halides is 2. The van der Waals surface area contributed by atoms with Gasteiger partial charge in [-0.3, -0.25) is 13.9 Å². The third-order valence-electron chi connectivity index (χ3n) is 3.40. The Bertz CT molecular complexity index is 760. The Morgan fingerprint density at radius 2 is 2.23 bits per heavy atom. The van der Waals surface area contributed by atoms with Gasteiger partial charge in [0.1, 0.15) is 24.0 Å². The largest absolute Gasteiger partial charge is 0.470 e. The summed E-state index contributed by atoms with van der Waals surface area (Å²) >= 11 is 0. The molecule has 1 fully saturated rings. The normalized spacial score (nSPS) is 26.2. The molecule has 1 aliphatic rings. The molecule has 5 N–H and O–H groups in total. The lowest BCUT2D eigenvalue weighted by molar-refractivity contribution is -0.163. The Morgan fingerprint density at radius 1 is 1.58 bits per heavy atom. The third-order valence-corrected chi connectivity index (χ3v) is 3.91. The highest BCUT2D eigenvalue weighted by molar-refractivity contribution is 7.46. The smallest absolute Gasteiger partial charge is 0.387 e. The van der Waals surface area contributed by atoms with Crippen LogP contribution in [0.2, 0.25) is 0 Å². The number of halogens is 2. The van der Waals surface area contributed by atoms with Crippen molar-refractivity contribution in [2.24, 2.45) is 5.73 Å². The number of terminal acetylenes is 1. The van der Waals surface area contributed by atoms with Crippen molar-refractivity contribution >= 4 is 13.7 Å². The maximum atomic E-state index is 12.2. The van der Waals surface area contributed by atoms with Crippen LogP contribution in [0.3, 0.4) is 0 Å². The molecule has 14 heteroatoms. The number of hydrogen-bond donors (Lipinski definition) is 4. The summed E-state index contributed by atoms with van der Waals surface area (Å²) in [6, 6.07) is 0. The summed E-state index contributed by atoms with van der Waals surface area (Å²) in [4.78, 5) is 33.0. The van der Waals surface area contributed by atoms with E-state index in [1.54, 1.807) is 0 Å². The van der Waals surface area contributed by atoms with Crippen LogP contribution < -0.4 is 5.73 Å². The number of nitrogens with zero attached hydrogens (tertiary/aromatic N) is 2. The van der Waals surface area contributed by atoms with Crippen molar-refractivity contribution in [2.75, 3.05) is 6.61 Å². The number of aliphatic hydroxyl groups is 1. The Kier molecular flexibility index (Phi) is 6.09. The van der Waals surface area contributed by atoms with Gasteiger partial charge in [-0.1, -0.05) is 0 Å². The van der Waals surface area contributed by atoms with Crippen LogP contribution in [0.4, 0.5) is 8.78 Å². The Balaban J connectivity index is 2.38. The van der Waals surface area contributed by atoms with Crippen molar-refractivity contribution < 1.29 is 47.0 Å². The Hall–Kier alpha value is -1.91. The molecule has 1 aromatic rings. The first-order valence-electron chi connectivity index (χ1n) is 6.85. The minimum Gasteiger partial charge on any atom is -0.387 e. The number of imidazole rings is 1. The van der Waals surface area contributed by atoms with Crippen LogP contribution in [-0.2, 0) is 18.6 Å². The number of phosphoric acid groups is 1. The van der Waals surface area contributed by atoms with E-state index in [4.69, 9.17) is 26.7 Å². The van der Waals surface area contributed by atoms with Crippen molar-refractivity contribution in [3.63, 3.8) is 0 Å². The van der Waals surface area contributed by atoms with Crippen LogP contribution in [0.25, 0.3) is 0 Å². The number of carbonyl (C=O) groups excluding carboxylic acids is 1. The van der Waals surface area contributed by atoms with Gasteiger partial charge in [0.15, 0.2) is 11.9 Å². The number of ether oxygens (including phenoxy) is 2. The quantitative estimate of drug-likeness (QED) is 0.331. The Labute approximate surface area is 144 Å². The molecule has 26 heavy (non-hydrogen) atoms. The number of nitrogens with two attached hydrogens (primary N) is 1. The van der Waals surface area contributed by atoms with E-state index in [-0.39, 0.29) is 11.4 Å². The summed E-state index contributed by atoms with van der Waals surface area (Å²) in [5.74, 6) is 1.12. The third kappa shape index (κ3) is 4.43. The van der Waals surface area contributed by atoms with Gasteiger partial charge in [-0.25, -0.2) is 9.55 Å². The number of amides is 1. The van der Waals surface area contributed by atoms with Crippen LogP contribution in [0.5, 0.6) is 0 Å². The topological polar surface area (TPSA) is 166 Å². The average Bonchev–Trinajstić information content (AvgIpc) is 3.06. The van der Waals surface area contributed by atoms with Crippen molar-refractivity contribution in [3.8, 4) is 12.3 Å². The van der Waals surface area contributed by atoms with Gasteiger partial charge in [0.05, 0.1) is 12.9 Å². The van der Waals surface area contributed by atoms with Gasteiger partial charge in [0.2, 0.25) is 0 Å². The summed E-state index contributed by atoms with van der Waals surface area (Å²) in [5.41, 5.74) is 4.56. The fourth-order valence-corrected chi connectivity index (χ4v) is 2.94. The molecule has 0 unspecified atom stereocenters. The molecule has 0 aliphatic carbocycles. The molecule has 1 saturated heterocycles. The molecule has 0 spiro atoms. The lowest BCUT2D eigenvalue weighted by atomic mass is 10.1. The van der Waals surface area contributed by atoms with Crippen LogP contribution in [0.1, 0.15) is 22.4 Å². The molecular weight excluding hydrogens is 383 g/mol. The van der Waals surface area contributed by atoms with Gasteiger partial charge >= 0.3 is 14.4 Å². The molecule has 1 amide bonds. The van der Waals surface area contributed by atoms with E-state index < -0.39 is 51.5 Å². The van der Waals surface area contributed by atoms with Crippen LogP contribution in [-0.4, -0.2) is 61.9 Å². The minimum atomic E-state index is -5.12. The van der Waals surface area contributed by atoms with E-state index in [9.17, 15) is 23.2 Å². The van der Waals surface area contributed by atoms with Gasteiger partial charge in [-0.2, -0.15) is 8.78 Å². The highest BCUT2D eigenvalue weighted by atomic mass is 31.2. The summed E-state index contributed by atoms with van der Waals surface area (Å²) in [5, 5.41) is 10.1. The molecule has 1 aromatic heterocycles. The van der Waals surface area contributed by atoms with Gasteiger partial charge in [0.25, 0.3) is 5.91 Å². The SMILES string of the molecule is C#Cc1c(C(N)=O)ncn1[C@@H]1O[C@H](COC(F)F)[C@@H](O)[C@H]1OP(=O)(O)O. The first-order valence-corrected chi connectivity index (χ1v) is 8.38. The number of phosphoric ester groups is 1. The van der Waals surface area contributed by atoms with E-state index in [0.717, 1.165) is 10.9 Å². The molecule has 4 atom stereocenters. The van der Waals surface area contributed by atoms with E-state index in [2.05, 4.69) is 20.2 Å². The summed E-state index contributed by atoms with van der Waals surface area (Å²) in [7, 11) is -5.12. The summed E-state index contributed by atoms with van der Waals surface area (Å²) < 4.78 is 50.4. The van der Waals surface area contributed by atoms with Crippen molar-refractivity contribution in [1.82, 2.24) is 9.55 Å². The van der Waals surface area contributed by atoms with Crippen molar-refractivity contribution in [1.29, 1.82) is 0 Å².